The minimum Gasteiger partial charge on any atom is -0.490 e. The highest BCUT2D eigenvalue weighted by molar-refractivity contribution is 5.94. The highest BCUT2D eigenvalue weighted by atomic mass is 16.5. The van der Waals surface area contributed by atoms with Gasteiger partial charge in [0.2, 0.25) is 0 Å². The van der Waals surface area contributed by atoms with Crippen LogP contribution in [0, 0.1) is 6.92 Å². The number of amides is 1. The molecule has 1 aliphatic carbocycles. The molecule has 0 aliphatic heterocycles. The Morgan fingerprint density at radius 3 is 2.92 bits per heavy atom. The zero-order valence-corrected chi connectivity index (χ0v) is 14.7. The third-order valence-electron chi connectivity index (χ3n) is 5.04. The third-order valence-corrected chi connectivity index (χ3v) is 5.04. The van der Waals surface area contributed by atoms with Crippen molar-refractivity contribution in [3.63, 3.8) is 0 Å². The van der Waals surface area contributed by atoms with Gasteiger partial charge in [-0.15, -0.1) is 0 Å². The Morgan fingerprint density at radius 1 is 1.23 bits per heavy atom. The summed E-state index contributed by atoms with van der Waals surface area (Å²) in [4.78, 5) is 16.3. The number of aromatic amines is 1. The number of hydrogen-bond acceptors (Lipinski definition) is 4. The molecule has 0 unspecified atom stereocenters. The van der Waals surface area contributed by atoms with E-state index < -0.39 is 0 Å². The number of benzene rings is 1. The minimum atomic E-state index is -0.0472. The molecule has 0 spiro atoms. The van der Waals surface area contributed by atoms with Crippen LogP contribution in [-0.2, 0) is 0 Å². The summed E-state index contributed by atoms with van der Waals surface area (Å²) in [5.74, 6) is 0.846. The van der Waals surface area contributed by atoms with Gasteiger partial charge in [0.1, 0.15) is 11.9 Å². The summed E-state index contributed by atoms with van der Waals surface area (Å²) in [7, 11) is 0. The first kappa shape index (κ1) is 16.6. The predicted molar refractivity (Wildman–Crippen MR) is 99.2 cm³/mol. The van der Waals surface area contributed by atoms with E-state index in [9.17, 15) is 4.79 Å². The summed E-state index contributed by atoms with van der Waals surface area (Å²) in [6.45, 7) is 2.05. The largest absolute Gasteiger partial charge is 0.490 e. The van der Waals surface area contributed by atoms with E-state index in [1.807, 2.05) is 18.3 Å². The van der Waals surface area contributed by atoms with Gasteiger partial charge in [-0.3, -0.25) is 14.9 Å². The van der Waals surface area contributed by atoms with Gasteiger partial charge in [0.05, 0.1) is 11.7 Å². The molecule has 134 valence electrons. The van der Waals surface area contributed by atoms with Gasteiger partial charge in [-0.25, -0.2) is 0 Å². The molecule has 0 radical (unpaired) electrons. The monoisotopic (exact) mass is 350 g/mol. The summed E-state index contributed by atoms with van der Waals surface area (Å²) in [5, 5.41) is 11.3. The number of carbonyl (C=O) groups is 1. The van der Waals surface area contributed by atoms with Crippen molar-refractivity contribution in [1.82, 2.24) is 20.5 Å². The van der Waals surface area contributed by atoms with Crippen molar-refractivity contribution >= 4 is 16.8 Å². The second-order valence-corrected chi connectivity index (χ2v) is 6.83. The molecule has 2 atom stereocenters. The Morgan fingerprint density at radius 2 is 2.08 bits per heavy atom. The molecule has 26 heavy (non-hydrogen) atoms. The molecule has 2 aromatic heterocycles. The molecular weight excluding hydrogens is 328 g/mol. The van der Waals surface area contributed by atoms with E-state index in [2.05, 4.69) is 27.4 Å². The van der Waals surface area contributed by atoms with Gasteiger partial charge in [-0.1, -0.05) is 0 Å². The zero-order chi connectivity index (χ0) is 17.9. The minimum absolute atomic E-state index is 0.0472. The molecule has 6 heteroatoms. The first-order valence-electron chi connectivity index (χ1n) is 9.01. The van der Waals surface area contributed by atoms with Crippen LogP contribution in [0.5, 0.6) is 5.75 Å². The lowest BCUT2D eigenvalue weighted by atomic mass is 9.92. The Kier molecular flexibility index (Phi) is 4.56. The SMILES string of the molecule is Cc1c(O[C@@H]2CCC[C@H](NC(=O)c3ccncc3)C2)ccc2[nH]ncc12. The van der Waals surface area contributed by atoms with Crippen molar-refractivity contribution in [2.75, 3.05) is 0 Å². The number of ether oxygens (including phenoxy) is 1. The van der Waals surface area contributed by atoms with Crippen molar-refractivity contribution < 1.29 is 9.53 Å². The Labute approximate surface area is 152 Å². The molecule has 0 saturated heterocycles. The summed E-state index contributed by atoms with van der Waals surface area (Å²) >= 11 is 0. The van der Waals surface area contributed by atoms with Crippen molar-refractivity contribution in [1.29, 1.82) is 0 Å². The molecule has 1 amide bonds. The molecule has 2 N–H and O–H groups in total. The van der Waals surface area contributed by atoms with Crippen LogP contribution in [0.15, 0.2) is 42.9 Å². The fraction of sp³-hybridized carbons (Fsp3) is 0.350. The van der Waals surface area contributed by atoms with Crippen LogP contribution >= 0.6 is 0 Å². The van der Waals surface area contributed by atoms with Gasteiger partial charge in [0.25, 0.3) is 5.91 Å². The van der Waals surface area contributed by atoms with Crippen LogP contribution in [-0.4, -0.2) is 33.2 Å². The number of hydrogen-bond donors (Lipinski definition) is 2. The molecule has 1 aliphatic rings. The van der Waals surface area contributed by atoms with E-state index in [0.717, 1.165) is 47.9 Å². The van der Waals surface area contributed by atoms with E-state index in [-0.39, 0.29) is 18.1 Å². The van der Waals surface area contributed by atoms with Gasteiger partial charge in [0, 0.05) is 41.4 Å². The number of pyridine rings is 1. The fourth-order valence-corrected chi connectivity index (χ4v) is 3.60. The number of aromatic nitrogens is 3. The Hall–Kier alpha value is -2.89. The molecule has 1 aromatic carbocycles. The normalized spacial score (nSPS) is 20.0. The molecule has 0 bridgehead atoms. The zero-order valence-electron chi connectivity index (χ0n) is 14.7. The van der Waals surface area contributed by atoms with Crippen molar-refractivity contribution in [2.45, 2.75) is 44.8 Å². The fourth-order valence-electron chi connectivity index (χ4n) is 3.60. The molecule has 6 nitrogen and oxygen atoms in total. The topological polar surface area (TPSA) is 79.9 Å². The number of aryl methyl sites for hydroxylation is 1. The second kappa shape index (κ2) is 7.15. The lowest BCUT2D eigenvalue weighted by Crippen LogP contribution is -2.41. The standard InChI is InChI=1S/C20H22N4O2/c1-13-17-12-22-24-18(17)5-6-19(13)26-16-4-2-3-15(11-16)23-20(25)14-7-9-21-10-8-14/h5-10,12,15-16H,2-4,11H2,1H3,(H,22,24)(H,23,25)/t15-,16+/m0/s1. The number of nitrogens with zero attached hydrogens (tertiary/aromatic N) is 2. The van der Waals surface area contributed by atoms with Crippen molar-refractivity contribution in [3.05, 3.63) is 54.0 Å². The first-order valence-corrected chi connectivity index (χ1v) is 9.01. The molecular formula is C20H22N4O2. The lowest BCUT2D eigenvalue weighted by Gasteiger charge is -2.30. The molecule has 4 rings (SSSR count). The highest BCUT2D eigenvalue weighted by Crippen LogP contribution is 2.30. The number of rotatable bonds is 4. The maximum atomic E-state index is 12.4. The summed E-state index contributed by atoms with van der Waals surface area (Å²) in [6, 6.07) is 7.59. The van der Waals surface area contributed by atoms with E-state index in [1.54, 1.807) is 24.5 Å². The molecule has 3 aromatic rings. The average molecular weight is 350 g/mol. The summed E-state index contributed by atoms with van der Waals surface area (Å²) < 4.78 is 6.28. The van der Waals surface area contributed by atoms with Crippen LogP contribution < -0.4 is 10.1 Å². The highest BCUT2D eigenvalue weighted by Gasteiger charge is 2.25. The van der Waals surface area contributed by atoms with Crippen LogP contribution in [0.2, 0.25) is 0 Å². The number of H-pyrrole nitrogens is 1. The molecule has 1 fully saturated rings. The van der Waals surface area contributed by atoms with Gasteiger partial charge in [-0.05, 0) is 50.5 Å². The van der Waals surface area contributed by atoms with E-state index >= 15 is 0 Å². The number of nitrogens with one attached hydrogen (secondary N) is 2. The maximum absolute atomic E-state index is 12.4. The van der Waals surface area contributed by atoms with Gasteiger partial charge in [-0.2, -0.15) is 5.10 Å². The summed E-state index contributed by atoms with van der Waals surface area (Å²) in [6.07, 6.45) is 9.05. The maximum Gasteiger partial charge on any atom is 0.251 e. The van der Waals surface area contributed by atoms with Gasteiger partial charge < -0.3 is 10.1 Å². The van der Waals surface area contributed by atoms with E-state index in [1.165, 1.54) is 0 Å². The van der Waals surface area contributed by atoms with Crippen LogP contribution in [0.1, 0.15) is 41.6 Å². The van der Waals surface area contributed by atoms with Crippen LogP contribution in [0.3, 0.4) is 0 Å². The number of carbonyl (C=O) groups excluding carboxylic acids is 1. The van der Waals surface area contributed by atoms with E-state index in [4.69, 9.17) is 4.74 Å². The predicted octanol–water partition coefficient (Wildman–Crippen LogP) is 3.39. The smallest absolute Gasteiger partial charge is 0.251 e. The van der Waals surface area contributed by atoms with Crippen LogP contribution in [0.25, 0.3) is 10.9 Å². The molecule has 2 heterocycles. The quantitative estimate of drug-likeness (QED) is 0.756. The third kappa shape index (κ3) is 3.40. The lowest BCUT2D eigenvalue weighted by molar-refractivity contribution is 0.0882. The summed E-state index contributed by atoms with van der Waals surface area (Å²) in [5.41, 5.74) is 2.75. The average Bonchev–Trinajstić information content (AvgIpc) is 3.15. The Balaban J connectivity index is 1.41. The Bertz CT molecular complexity index is 907. The van der Waals surface area contributed by atoms with Crippen LogP contribution in [0.4, 0.5) is 0 Å². The van der Waals surface area contributed by atoms with Crippen molar-refractivity contribution in [3.8, 4) is 5.75 Å². The van der Waals surface area contributed by atoms with Crippen molar-refractivity contribution in [2.24, 2.45) is 0 Å². The second-order valence-electron chi connectivity index (χ2n) is 6.83. The molecule has 1 saturated carbocycles. The van der Waals surface area contributed by atoms with E-state index in [0.29, 0.717) is 5.56 Å². The number of fused-ring (bicyclic) bond motifs is 1. The first-order chi connectivity index (χ1) is 12.7. The van der Waals surface area contributed by atoms with Gasteiger partial charge in [0.15, 0.2) is 0 Å². The van der Waals surface area contributed by atoms with Gasteiger partial charge >= 0.3 is 0 Å².